The molecule has 0 radical (unpaired) electrons. The fourth-order valence-electron chi connectivity index (χ4n) is 2.00. The molecule has 0 aliphatic carbocycles. The number of carbonyl (C=O) groups excluding carboxylic acids is 1. The van der Waals surface area contributed by atoms with Crippen LogP contribution < -0.4 is 4.90 Å². The quantitative estimate of drug-likeness (QED) is 0.678. The van der Waals surface area contributed by atoms with Gasteiger partial charge < -0.3 is 4.90 Å². The normalized spacial score (nSPS) is 20.9. The fraction of sp³-hybridized carbons (Fsp3) is 0.455. The molecule has 0 N–H and O–H groups in total. The molecule has 3 nitrogen and oxygen atoms in total. The second-order valence-electron chi connectivity index (χ2n) is 3.64. The number of aromatic nitrogens is 1. The van der Waals surface area contributed by atoms with E-state index in [1.807, 2.05) is 12.1 Å². The van der Waals surface area contributed by atoms with Gasteiger partial charge in [0, 0.05) is 25.2 Å². The van der Waals surface area contributed by atoms with Gasteiger partial charge in [0.25, 0.3) is 0 Å². The second-order valence-corrected chi connectivity index (χ2v) is 3.64. The molecule has 0 saturated carbocycles. The number of hydrogen-bond acceptors (Lipinski definition) is 3. The van der Waals surface area contributed by atoms with Crippen molar-refractivity contribution in [2.24, 2.45) is 0 Å². The van der Waals surface area contributed by atoms with Crippen LogP contribution in [0.2, 0.25) is 0 Å². The first-order chi connectivity index (χ1) is 6.74. The first-order valence-corrected chi connectivity index (χ1v) is 4.99. The Hall–Kier alpha value is -1.38. The number of fused-ring (bicyclic) bond motifs is 1. The van der Waals surface area contributed by atoms with Crippen LogP contribution in [0.3, 0.4) is 0 Å². The molecule has 1 atom stereocenters. The molecule has 2 heterocycles. The fourth-order valence-corrected chi connectivity index (χ4v) is 2.00. The summed E-state index contributed by atoms with van der Waals surface area (Å²) in [5.74, 6) is 1.06. The van der Waals surface area contributed by atoms with E-state index in [2.05, 4.69) is 23.7 Å². The molecule has 0 fully saturated rings. The standard InChI is InChI=1S/C11H14N2O/c1-3-13-8(2)7-10(14)9-5-4-6-12-11(9)13/h4-6,8H,3,7H2,1-2H3/t8-/m0/s1. The van der Waals surface area contributed by atoms with Crippen molar-refractivity contribution in [2.75, 3.05) is 11.4 Å². The van der Waals surface area contributed by atoms with Crippen molar-refractivity contribution in [1.82, 2.24) is 4.98 Å². The highest BCUT2D eigenvalue weighted by molar-refractivity contribution is 6.02. The Kier molecular flexibility index (Phi) is 2.23. The van der Waals surface area contributed by atoms with Crippen LogP contribution in [0.4, 0.5) is 5.82 Å². The number of carbonyl (C=O) groups is 1. The van der Waals surface area contributed by atoms with Crippen LogP contribution in [0.25, 0.3) is 0 Å². The Bertz CT molecular complexity index is 362. The molecule has 1 aromatic heterocycles. The topological polar surface area (TPSA) is 33.2 Å². The van der Waals surface area contributed by atoms with E-state index in [9.17, 15) is 4.79 Å². The summed E-state index contributed by atoms with van der Waals surface area (Å²) in [4.78, 5) is 18.1. The molecule has 3 heteroatoms. The van der Waals surface area contributed by atoms with Crippen molar-refractivity contribution in [2.45, 2.75) is 26.3 Å². The molecule has 0 amide bonds. The van der Waals surface area contributed by atoms with Crippen LogP contribution in [0, 0.1) is 0 Å². The summed E-state index contributed by atoms with van der Waals surface area (Å²) in [6.45, 7) is 5.06. The Labute approximate surface area is 83.8 Å². The minimum absolute atomic E-state index is 0.213. The minimum atomic E-state index is 0.213. The Morgan fingerprint density at radius 3 is 3.14 bits per heavy atom. The second kappa shape index (κ2) is 3.40. The summed E-state index contributed by atoms with van der Waals surface area (Å²) in [5, 5.41) is 0. The lowest BCUT2D eigenvalue weighted by atomic mass is 9.98. The number of nitrogens with zero attached hydrogens (tertiary/aromatic N) is 2. The van der Waals surface area contributed by atoms with E-state index in [1.165, 1.54) is 0 Å². The number of rotatable bonds is 1. The minimum Gasteiger partial charge on any atom is -0.353 e. The molecular formula is C11H14N2O. The van der Waals surface area contributed by atoms with Crippen molar-refractivity contribution in [3.8, 4) is 0 Å². The molecular weight excluding hydrogens is 176 g/mol. The molecule has 0 bridgehead atoms. The molecule has 0 unspecified atom stereocenters. The predicted octanol–water partition coefficient (Wildman–Crippen LogP) is 1.88. The molecule has 2 rings (SSSR count). The number of ketones is 1. The maximum Gasteiger partial charge on any atom is 0.168 e. The molecule has 14 heavy (non-hydrogen) atoms. The molecule has 74 valence electrons. The summed E-state index contributed by atoms with van der Waals surface area (Å²) in [6.07, 6.45) is 2.35. The zero-order chi connectivity index (χ0) is 10.1. The van der Waals surface area contributed by atoms with Gasteiger partial charge in [0.1, 0.15) is 5.82 Å². The largest absolute Gasteiger partial charge is 0.353 e. The van der Waals surface area contributed by atoms with Gasteiger partial charge in [-0.1, -0.05) is 0 Å². The highest BCUT2D eigenvalue weighted by Crippen LogP contribution is 2.27. The van der Waals surface area contributed by atoms with E-state index in [-0.39, 0.29) is 11.8 Å². The maximum absolute atomic E-state index is 11.7. The highest BCUT2D eigenvalue weighted by atomic mass is 16.1. The summed E-state index contributed by atoms with van der Waals surface area (Å²) < 4.78 is 0. The third-order valence-electron chi connectivity index (χ3n) is 2.71. The van der Waals surface area contributed by atoms with Gasteiger partial charge in [0.05, 0.1) is 5.56 Å². The molecule has 1 aliphatic heterocycles. The van der Waals surface area contributed by atoms with Crippen LogP contribution in [0.1, 0.15) is 30.6 Å². The molecule has 0 aromatic carbocycles. The summed E-state index contributed by atoms with van der Waals surface area (Å²) >= 11 is 0. The third-order valence-corrected chi connectivity index (χ3v) is 2.71. The molecule has 1 aromatic rings. The number of Topliss-reactive ketones (excluding diaryl/α,β-unsaturated/α-hetero) is 1. The van der Waals surface area contributed by atoms with Gasteiger partial charge in [-0.05, 0) is 26.0 Å². The van der Waals surface area contributed by atoms with Crippen molar-refractivity contribution >= 4 is 11.6 Å². The van der Waals surface area contributed by atoms with Crippen LogP contribution in [0.15, 0.2) is 18.3 Å². The van der Waals surface area contributed by atoms with Gasteiger partial charge in [-0.25, -0.2) is 4.98 Å². The zero-order valence-electron chi connectivity index (χ0n) is 8.53. The van der Waals surface area contributed by atoms with E-state index >= 15 is 0 Å². The average molecular weight is 190 g/mol. The molecule has 0 saturated heterocycles. The number of pyridine rings is 1. The van der Waals surface area contributed by atoms with E-state index in [1.54, 1.807) is 6.20 Å². The summed E-state index contributed by atoms with van der Waals surface area (Å²) in [7, 11) is 0. The highest BCUT2D eigenvalue weighted by Gasteiger charge is 2.28. The van der Waals surface area contributed by atoms with Crippen LogP contribution in [-0.2, 0) is 0 Å². The smallest absolute Gasteiger partial charge is 0.168 e. The maximum atomic E-state index is 11.7. The first-order valence-electron chi connectivity index (χ1n) is 4.99. The Morgan fingerprint density at radius 2 is 2.43 bits per heavy atom. The predicted molar refractivity (Wildman–Crippen MR) is 55.7 cm³/mol. The van der Waals surface area contributed by atoms with E-state index < -0.39 is 0 Å². The van der Waals surface area contributed by atoms with Crippen LogP contribution >= 0.6 is 0 Å². The Morgan fingerprint density at radius 1 is 1.64 bits per heavy atom. The monoisotopic (exact) mass is 190 g/mol. The van der Waals surface area contributed by atoms with Crippen molar-refractivity contribution in [1.29, 1.82) is 0 Å². The van der Waals surface area contributed by atoms with Gasteiger partial charge in [0.2, 0.25) is 0 Å². The van der Waals surface area contributed by atoms with E-state index in [4.69, 9.17) is 0 Å². The third kappa shape index (κ3) is 1.29. The van der Waals surface area contributed by atoms with Crippen LogP contribution in [-0.4, -0.2) is 23.4 Å². The summed E-state index contributed by atoms with van der Waals surface area (Å²) in [5.41, 5.74) is 0.771. The van der Waals surface area contributed by atoms with Gasteiger partial charge >= 0.3 is 0 Å². The van der Waals surface area contributed by atoms with Crippen molar-refractivity contribution in [3.05, 3.63) is 23.9 Å². The average Bonchev–Trinajstić information content (AvgIpc) is 2.18. The lowest BCUT2D eigenvalue weighted by Crippen LogP contribution is -2.40. The van der Waals surface area contributed by atoms with Crippen molar-refractivity contribution < 1.29 is 4.79 Å². The van der Waals surface area contributed by atoms with E-state index in [0.29, 0.717) is 6.42 Å². The number of anilines is 1. The zero-order valence-corrected chi connectivity index (χ0v) is 8.53. The Balaban J connectivity index is 2.50. The van der Waals surface area contributed by atoms with Crippen molar-refractivity contribution in [3.63, 3.8) is 0 Å². The number of hydrogen-bond donors (Lipinski definition) is 0. The first kappa shape index (κ1) is 9.19. The van der Waals surface area contributed by atoms with E-state index in [0.717, 1.165) is 17.9 Å². The lowest BCUT2D eigenvalue weighted by Gasteiger charge is -2.33. The van der Waals surface area contributed by atoms with Gasteiger partial charge in [-0.15, -0.1) is 0 Å². The molecule has 0 spiro atoms. The van der Waals surface area contributed by atoms with Gasteiger partial charge in [-0.3, -0.25) is 4.79 Å². The lowest BCUT2D eigenvalue weighted by molar-refractivity contribution is 0.0968. The molecule has 1 aliphatic rings. The van der Waals surface area contributed by atoms with Crippen LogP contribution in [0.5, 0.6) is 0 Å². The summed E-state index contributed by atoms with van der Waals surface area (Å²) in [6, 6.07) is 3.95. The van der Waals surface area contributed by atoms with Gasteiger partial charge in [0.15, 0.2) is 5.78 Å². The van der Waals surface area contributed by atoms with Gasteiger partial charge in [-0.2, -0.15) is 0 Å². The SMILES string of the molecule is CCN1c2ncccc2C(=O)C[C@@H]1C.